The Kier molecular flexibility index (Phi) is 5.75. The average molecular weight is 398 g/mol. The standard InChI is InChI=1S/C13H4F8O.Ga/c1-22-13-4(14)2-3(6(15)12(13)21)5-7(16)9(18)11(20)10(19)8(5)17;/h2H,1H3;. The molecule has 0 atom stereocenters. The summed E-state index contributed by atoms with van der Waals surface area (Å²) < 4.78 is 111. The molecule has 10 heteroatoms. The number of ether oxygens (including phenoxy) is 1. The molecule has 3 radical (unpaired) electrons. The number of hydrogen-bond acceptors (Lipinski definition) is 1. The van der Waals surface area contributed by atoms with Gasteiger partial charge in [0, 0.05) is 25.4 Å². The summed E-state index contributed by atoms with van der Waals surface area (Å²) in [6.07, 6.45) is 0. The molecular formula is C13H4F8GaO. The molecule has 121 valence electrons. The summed E-state index contributed by atoms with van der Waals surface area (Å²) in [6, 6.07) is 0.0650. The molecular weight excluding hydrogens is 394 g/mol. The van der Waals surface area contributed by atoms with Crippen molar-refractivity contribution in [3.8, 4) is 16.9 Å². The van der Waals surface area contributed by atoms with Gasteiger partial charge in [0.25, 0.3) is 0 Å². The molecule has 0 aliphatic carbocycles. The zero-order valence-corrected chi connectivity index (χ0v) is 13.5. The van der Waals surface area contributed by atoms with E-state index in [0.717, 1.165) is 7.11 Å². The molecule has 0 saturated heterocycles. The van der Waals surface area contributed by atoms with Gasteiger partial charge in [-0.05, 0) is 6.07 Å². The molecule has 2 rings (SSSR count). The van der Waals surface area contributed by atoms with Crippen LogP contribution < -0.4 is 4.74 Å². The van der Waals surface area contributed by atoms with Crippen LogP contribution in [0.3, 0.4) is 0 Å². The molecule has 0 heterocycles. The zero-order valence-electron chi connectivity index (χ0n) is 11.1. The molecule has 2 aromatic rings. The first-order valence-corrected chi connectivity index (χ1v) is 5.45. The minimum atomic E-state index is -2.48. The summed E-state index contributed by atoms with van der Waals surface area (Å²) >= 11 is 0. The first kappa shape index (κ1) is 19.4. The van der Waals surface area contributed by atoms with Crippen LogP contribution in [0.4, 0.5) is 35.1 Å². The molecule has 0 saturated carbocycles. The van der Waals surface area contributed by atoms with Crippen LogP contribution >= 0.6 is 0 Å². The Balaban J connectivity index is 0.00000264. The maximum atomic E-state index is 13.7. The van der Waals surface area contributed by atoms with Crippen LogP contribution in [0, 0.1) is 46.5 Å². The monoisotopic (exact) mass is 397 g/mol. The van der Waals surface area contributed by atoms with Crippen molar-refractivity contribution < 1.29 is 39.9 Å². The van der Waals surface area contributed by atoms with Crippen molar-refractivity contribution in [3.05, 3.63) is 52.6 Å². The van der Waals surface area contributed by atoms with Gasteiger partial charge in [-0.1, -0.05) is 0 Å². The SMILES string of the molecule is COc1c(F)cc(-c2c(F)c(F)c(F)c(F)c2F)c(F)c1F.[Ga]. The molecule has 0 fully saturated rings. The average Bonchev–Trinajstić information content (AvgIpc) is 2.48. The second-order valence-electron chi connectivity index (χ2n) is 4.01. The summed E-state index contributed by atoms with van der Waals surface area (Å²) in [5.74, 6) is -18.8. The largest absolute Gasteiger partial charge is 0.491 e. The van der Waals surface area contributed by atoms with Gasteiger partial charge in [0.2, 0.25) is 11.6 Å². The van der Waals surface area contributed by atoms with E-state index in [9.17, 15) is 35.1 Å². The molecule has 0 unspecified atom stereocenters. The normalized spacial score (nSPS) is 10.5. The van der Waals surface area contributed by atoms with Crippen molar-refractivity contribution in [3.63, 3.8) is 0 Å². The van der Waals surface area contributed by atoms with Gasteiger partial charge in [0.15, 0.2) is 40.7 Å². The Hall–Kier alpha value is -1.68. The number of methoxy groups -OCH3 is 1. The zero-order chi connectivity index (χ0) is 16.8. The van der Waals surface area contributed by atoms with Crippen molar-refractivity contribution in [1.29, 1.82) is 0 Å². The molecule has 0 aromatic heterocycles. The summed E-state index contributed by atoms with van der Waals surface area (Å²) in [7, 11) is 0.791. The van der Waals surface area contributed by atoms with E-state index in [1.54, 1.807) is 0 Å². The van der Waals surface area contributed by atoms with Crippen LogP contribution in [0.2, 0.25) is 0 Å². The van der Waals surface area contributed by atoms with E-state index in [2.05, 4.69) is 4.74 Å². The van der Waals surface area contributed by atoms with E-state index in [1.165, 1.54) is 0 Å². The third kappa shape index (κ3) is 2.92. The number of benzene rings is 2. The molecule has 0 amide bonds. The topological polar surface area (TPSA) is 9.23 Å². The van der Waals surface area contributed by atoms with Gasteiger partial charge >= 0.3 is 0 Å². The number of rotatable bonds is 2. The van der Waals surface area contributed by atoms with Crippen LogP contribution in [-0.4, -0.2) is 26.9 Å². The van der Waals surface area contributed by atoms with Gasteiger partial charge < -0.3 is 4.74 Å². The summed E-state index contributed by atoms with van der Waals surface area (Å²) in [6.45, 7) is 0. The Morgan fingerprint density at radius 2 is 1.09 bits per heavy atom. The maximum Gasteiger partial charge on any atom is 0.204 e. The molecule has 0 N–H and O–H groups in total. The maximum absolute atomic E-state index is 13.7. The van der Waals surface area contributed by atoms with E-state index in [0.29, 0.717) is 0 Å². The van der Waals surface area contributed by atoms with Gasteiger partial charge in [-0.15, -0.1) is 0 Å². The van der Waals surface area contributed by atoms with Gasteiger partial charge in [-0.25, -0.2) is 30.7 Å². The second-order valence-corrected chi connectivity index (χ2v) is 4.01. The number of halogens is 8. The van der Waals surface area contributed by atoms with Crippen molar-refractivity contribution in [2.45, 2.75) is 0 Å². The Morgan fingerprint density at radius 3 is 1.52 bits per heavy atom. The van der Waals surface area contributed by atoms with Crippen LogP contribution in [-0.2, 0) is 0 Å². The molecule has 0 aliphatic heterocycles. The predicted molar refractivity (Wildman–Crippen MR) is 63.8 cm³/mol. The Bertz CT molecular complexity index is 749. The second kappa shape index (κ2) is 6.83. The first-order valence-electron chi connectivity index (χ1n) is 5.45. The van der Waals surface area contributed by atoms with E-state index in [4.69, 9.17) is 0 Å². The quantitative estimate of drug-likeness (QED) is 0.321. The van der Waals surface area contributed by atoms with E-state index >= 15 is 0 Å². The van der Waals surface area contributed by atoms with E-state index in [-0.39, 0.29) is 25.9 Å². The first-order chi connectivity index (χ1) is 10.2. The minimum Gasteiger partial charge on any atom is -0.491 e. The van der Waals surface area contributed by atoms with Crippen LogP contribution in [0.15, 0.2) is 6.07 Å². The smallest absolute Gasteiger partial charge is 0.204 e. The Labute approximate surface area is 136 Å². The summed E-state index contributed by atoms with van der Waals surface area (Å²) in [5.41, 5.74) is -3.25. The molecule has 0 bridgehead atoms. The fourth-order valence-corrected chi connectivity index (χ4v) is 1.79. The third-order valence-electron chi connectivity index (χ3n) is 2.80. The van der Waals surface area contributed by atoms with Gasteiger partial charge in [0.05, 0.1) is 12.7 Å². The molecule has 2 aromatic carbocycles. The van der Waals surface area contributed by atoms with Gasteiger partial charge in [-0.2, -0.15) is 4.39 Å². The predicted octanol–water partition coefficient (Wildman–Crippen LogP) is 4.09. The fourth-order valence-electron chi connectivity index (χ4n) is 1.79. The fraction of sp³-hybridized carbons (Fsp3) is 0.0769. The number of hydrogen-bond donors (Lipinski definition) is 0. The van der Waals surface area contributed by atoms with Gasteiger partial charge in [-0.3, -0.25) is 0 Å². The van der Waals surface area contributed by atoms with Gasteiger partial charge in [0.1, 0.15) is 0 Å². The van der Waals surface area contributed by atoms with Crippen LogP contribution in [0.5, 0.6) is 5.75 Å². The van der Waals surface area contributed by atoms with Crippen molar-refractivity contribution in [2.75, 3.05) is 7.11 Å². The van der Waals surface area contributed by atoms with Crippen LogP contribution in [0.25, 0.3) is 11.1 Å². The molecule has 0 aliphatic rings. The summed E-state index contributed by atoms with van der Waals surface area (Å²) in [5, 5.41) is 0. The molecule has 23 heavy (non-hydrogen) atoms. The minimum absolute atomic E-state index is 0. The van der Waals surface area contributed by atoms with E-state index in [1.807, 2.05) is 0 Å². The molecule has 1 nitrogen and oxygen atoms in total. The van der Waals surface area contributed by atoms with Crippen LogP contribution in [0.1, 0.15) is 0 Å². The molecule has 0 spiro atoms. The third-order valence-corrected chi connectivity index (χ3v) is 2.80. The van der Waals surface area contributed by atoms with E-state index < -0.39 is 63.4 Å². The van der Waals surface area contributed by atoms with Crippen molar-refractivity contribution in [1.82, 2.24) is 0 Å². The van der Waals surface area contributed by atoms with Crippen molar-refractivity contribution in [2.24, 2.45) is 0 Å². The summed E-state index contributed by atoms with van der Waals surface area (Å²) in [4.78, 5) is 0. The Morgan fingerprint density at radius 1 is 0.652 bits per heavy atom. The van der Waals surface area contributed by atoms with Crippen molar-refractivity contribution >= 4 is 19.8 Å².